The highest BCUT2D eigenvalue weighted by molar-refractivity contribution is 7.98. The molecule has 0 atom stereocenters. The van der Waals surface area contributed by atoms with Gasteiger partial charge in [0.05, 0.1) is 5.03 Å². The second-order valence-corrected chi connectivity index (χ2v) is 6.31. The van der Waals surface area contributed by atoms with Crippen molar-refractivity contribution in [1.82, 2.24) is 4.98 Å². The van der Waals surface area contributed by atoms with E-state index in [1.165, 1.54) is 10.4 Å². The van der Waals surface area contributed by atoms with Gasteiger partial charge in [0.25, 0.3) is 0 Å². The number of nitrogens with two attached hydrogens (primary N) is 1. The van der Waals surface area contributed by atoms with Crippen molar-refractivity contribution in [3.05, 3.63) is 65.5 Å². The van der Waals surface area contributed by atoms with Gasteiger partial charge in [-0.25, -0.2) is 4.98 Å². The summed E-state index contributed by atoms with van der Waals surface area (Å²) in [7, 11) is 0. The molecule has 100 valence electrons. The molecule has 0 bridgehead atoms. The highest BCUT2D eigenvalue weighted by Gasteiger charge is 2.05. The van der Waals surface area contributed by atoms with E-state index in [9.17, 15) is 0 Å². The fourth-order valence-electron chi connectivity index (χ4n) is 1.92. The molecule has 0 aliphatic heterocycles. The fourth-order valence-corrected chi connectivity index (χ4v) is 3.52. The molecule has 0 aliphatic rings. The minimum Gasteiger partial charge on any atom is -0.384 e. The summed E-state index contributed by atoms with van der Waals surface area (Å²) in [6.07, 6.45) is 0. The van der Waals surface area contributed by atoms with Crippen molar-refractivity contribution >= 4 is 28.9 Å². The molecule has 0 unspecified atom stereocenters. The first kappa shape index (κ1) is 13.2. The van der Waals surface area contributed by atoms with Gasteiger partial charge in [-0.3, -0.25) is 0 Å². The van der Waals surface area contributed by atoms with Crippen LogP contribution in [0.3, 0.4) is 0 Å². The monoisotopic (exact) mass is 298 g/mol. The number of hydrogen-bond acceptors (Lipinski definition) is 4. The van der Waals surface area contributed by atoms with E-state index >= 15 is 0 Å². The summed E-state index contributed by atoms with van der Waals surface area (Å²) in [5.74, 6) is 1.48. The van der Waals surface area contributed by atoms with E-state index in [2.05, 4.69) is 46.8 Å². The molecule has 2 nitrogen and oxygen atoms in total. The van der Waals surface area contributed by atoms with Gasteiger partial charge in [-0.1, -0.05) is 36.4 Å². The summed E-state index contributed by atoms with van der Waals surface area (Å²) in [5, 5.41) is 3.04. The lowest BCUT2D eigenvalue weighted by Crippen LogP contribution is -1.92. The largest absolute Gasteiger partial charge is 0.384 e. The van der Waals surface area contributed by atoms with Crippen molar-refractivity contribution in [1.29, 1.82) is 0 Å². The van der Waals surface area contributed by atoms with Crippen LogP contribution in [0.25, 0.3) is 10.4 Å². The van der Waals surface area contributed by atoms with Gasteiger partial charge < -0.3 is 5.73 Å². The zero-order valence-corrected chi connectivity index (χ0v) is 12.5. The average molecular weight is 298 g/mol. The maximum atomic E-state index is 5.91. The van der Waals surface area contributed by atoms with E-state index in [4.69, 9.17) is 5.73 Å². The van der Waals surface area contributed by atoms with Crippen molar-refractivity contribution in [2.75, 3.05) is 5.73 Å². The number of pyridine rings is 1. The van der Waals surface area contributed by atoms with Gasteiger partial charge in [0.1, 0.15) is 5.82 Å². The Labute approximate surface area is 126 Å². The molecule has 4 heteroatoms. The Balaban J connectivity index is 1.80. The third kappa shape index (κ3) is 3.21. The smallest absolute Gasteiger partial charge is 0.125 e. The molecular weight excluding hydrogens is 284 g/mol. The molecule has 3 rings (SSSR count). The van der Waals surface area contributed by atoms with Crippen LogP contribution in [0, 0.1) is 0 Å². The van der Waals surface area contributed by atoms with Crippen LogP contribution in [0.4, 0.5) is 5.82 Å². The normalized spacial score (nSPS) is 10.6. The number of hydrogen-bond donors (Lipinski definition) is 1. The number of nitrogen functional groups attached to an aromatic ring is 1. The lowest BCUT2D eigenvalue weighted by molar-refractivity contribution is 1.14. The van der Waals surface area contributed by atoms with E-state index in [1.807, 2.05) is 18.2 Å². The van der Waals surface area contributed by atoms with Crippen molar-refractivity contribution in [3.8, 4) is 10.4 Å². The van der Waals surface area contributed by atoms with Gasteiger partial charge in [-0.2, -0.15) is 0 Å². The molecule has 0 saturated heterocycles. The maximum absolute atomic E-state index is 5.91. The van der Waals surface area contributed by atoms with Crippen LogP contribution in [-0.4, -0.2) is 4.98 Å². The van der Waals surface area contributed by atoms with Gasteiger partial charge in [0.15, 0.2) is 0 Å². The Morgan fingerprint density at radius 3 is 2.65 bits per heavy atom. The molecule has 2 aromatic heterocycles. The maximum Gasteiger partial charge on any atom is 0.125 e. The van der Waals surface area contributed by atoms with E-state index < -0.39 is 0 Å². The highest BCUT2D eigenvalue weighted by atomic mass is 32.2. The zero-order chi connectivity index (χ0) is 13.8. The average Bonchev–Trinajstić information content (AvgIpc) is 3.00. The Bertz CT molecular complexity index is 679. The molecule has 0 spiro atoms. The molecule has 0 radical (unpaired) electrons. The molecule has 20 heavy (non-hydrogen) atoms. The predicted molar refractivity (Wildman–Crippen MR) is 88.0 cm³/mol. The number of thioether (sulfide) groups is 1. The molecule has 3 aromatic rings. The van der Waals surface area contributed by atoms with E-state index in [0.29, 0.717) is 5.82 Å². The quantitative estimate of drug-likeness (QED) is 0.710. The number of nitrogens with zero attached hydrogens (tertiary/aromatic N) is 1. The first-order valence-electron chi connectivity index (χ1n) is 6.29. The van der Waals surface area contributed by atoms with E-state index in [0.717, 1.165) is 16.3 Å². The topological polar surface area (TPSA) is 38.9 Å². The van der Waals surface area contributed by atoms with E-state index in [1.54, 1.807) is 23.1 Å². The van der Waals surface area contributed by atoms with Crippen LogP contribution in [0.5, 0.6) is 0 Å². The minimum absolute atomic E-state index is 0.575. The summed E-state index contributed by atoms with van der Waals surface area (Å²) in [4.78, 5) is 5.63. The van der Waals surface area contributed by atoms with Gasteiger partial charge >= 0.3 is 0 Å². The van der Waals surface area contributed by atoms with Crippen LogP contribution < -0.4 is 5.73 Å². The third-order valence-electron chi connectivity index (χ3n) is 2.86. The number of aromatic nitrogens is 1. The summed E-state index contributed by atoms with van der Waals surface area (Å²) in [6.45, 7) is 0. The van der Waals surface area contributed by atoms with Crippen LogP contribution in [0.1, 0.15) is 5.56 Å². The zero-order valence-electron chi connectivity index (χ0n) is 10.8. The SMILES string of the molecule is Nc1cc(-c2cccs2)cc(SCc2ccccc2)n1. The molecule has 0 amide bonds. The van der Waals surface area contributed by atoms with Gasteiger partial charge in [-0.15, -0.1) is 23.1 Å². The summed E-state index contributed by atoms with van der Waals surface area (Å²) < 4.78 is 0. The Kier molecular flexibility index (Phi) is 4.04. The van der Waals surface area contributed by atoms with Crippen LogP contribution in [0.2, 0.25) is 0 Å². The minimum atomic E-state index is 0.575. The Morgan fingerprint density at radius 2 is 1.90 bits per heavy atom. The second-order valence-electron chi connectivity index (χ2n) is 4.37. The molecule has 1 aromatic carbocycles. The van der Waals surface area contributed by atoms with E-state index in [-0.39, 0.29) is 0 Å². The molecule has 0 aliphatic carbocycles. The summed E-state index contributed by atoms with van der Waals surface area (Å²) in [5.41, 5.74) is 8.35. The van der Waals surface area contributed by atoms with Crippen molar-refractivity contribution in [2.24, 2.45) is 0 Å². The highest BCUT2D eigenvalue weighted by Crippen LogP contribution is 2.30. The second kappa shape index (κ2) is 6.11. The molecule has 2 N–H and O–H groups in total. The predicted octanol–water partition coefficient (Wildman–Crippen LogP) is 4.68. The molecular formula is C16H14N2S2. The van der Waals surface area contributed by atoms with Gasteiger partial charge in [0.2, 0.25) is 0 Å². The number of rotatable bonds is 4. The van der Waals surface area contributed by atoms with Crippen molar-refractivity contribution < 1.29 is 0 Å². The Hall–Kier alpha value is -1.78. The number of anilines is 1. The van der Waals surface area contributed by atoms with Gasteiger partial charge in [-0.05, 0) is 34.7 Å². The lowest BCUT2D eigenvalue weighted by atomic mass is 10.2. The molecule has 2 heterocycles. The molecule has 0 saturated carbocycles. The number of thiophene rings is 1. The lowest BCUT2D eigenvalue weighted by Gasteiger charge is -2.05. The molecule has 0 fully saturated rings. The fraction of sp³-hybridized carbons (Fsp3) is 0.0625. The van der Waals surface area contributed by atoms with Crippen molar-refractivity contribution in [3.63, 3.8) is 0 Å². The first-order valence-corrected chi connectivity index (χ1v) is 8.16. The summed E-state index contributed by atoms with van der Waals surface area (Å²) in [6, 6.07) is 18.6. The van der Waals surface area contributed by atoms with Crippen LogP contribution >= 0.6 is 23.1 Å². The Morgan fingerprint density at radius 1 is 1.05 bits per heavy atom. The van der Waals surface area contributed by atoms with Crippen molar-refractivity contribution in [2.45, 2.75) is 10.8 Å². The number of benzene rings is 1. The third-order valence-corrected chi connectivity index (χ3v) is 4.76. The van der Waals surface area contributed by atoms with Crippen LogP contribution in [0.15, 0.2) is 65.0 Å². The standard InChI is InChI=1S/C16H14N2S2/c17-15-9-13(14-7-4-8-19-14)10-16(18-15)20-11-12-5-2-1-3-6-12/h1-10H,11H2,(H2,17,18). The van der Waals surface area contributed by atoms with Crippen LogP contribution in [-0.2, 0) is 5.75 Å². The first-order chi connectivity index (χ1) is 9.81. The van der Waals surface area contributed by atoms with Gasteiger partial charge in [0, 0.05) is 10.6 Å². The summed E-state index contributed by atoms with van der Waals surface area (Å²) >= 11 is 3.43.